The molecule has 1 atom stereocenters. The molecule has 2 aromatic carbocycles. The van der Waals surface area contributed by atoms with Crippen molar-refractivity contribution < 1.29 is 14.3 Å². The van der Waals surface area contributed by atoms with Crippen molar-refractivity contribution in [3.8, 4) is 0 Å². The Morgan fingerprint density at radius 3 is 2.57 bits per heavy atom. The van der Waals surface area contributed by atoms with Gasteiger partial charge in [0.1, 0.15) is 0 Å². The fraction of sp³-hybridized carbons (Fsp3) is 0.417. The fourth-order valence-electron chi connectivity index (χ4n) is 4.15. The van der Waals surface area contributed by atoms with Crippen LogP contribution in [0.3, 0.4) is 0 Å². The summed E-state index contributed by atoms with van der Waals surface area (Å²) in [6.45, 7) is 7.31. The fourth-order valence-corrected chi connectivity index (χ4v) is 4.15. The largest absolute Gasteiger partial charge is 0.379 e. The molecule has 0 unspecified atom stereocenters. The number of morpholine rings is 1. The summed E-state index contributed by atoms with van der Waals surface area (Å²) in [6, 6.07) is 15.5. The van der Waals surface area contributed by atoms with Crippen LogP contribution >= 0.6 is 0 Å². The van der Waals surface area contributed by atoms with Crippen LogP contribution in [-0.2, 0) is 16.1 Å². The first-order chi connectivity index (χ1) is 14.6. The number of nitrogens with one attached hydrogen (secondary N) is 1. The summed E-state index contributed by atoms with van der Waals surface area (Å²) < 4.78 is 5.36. The minimum absolute atomic E-state index is 0.00251. The van der Waals surface area contributed by atoms with Crippen LogP contribution in [0, 0.1) is 6.92 Å². The zero-order valence-corrected chi connectivity index (χ0v) is 17.5. The van der Waals surface area contributed by atoms with E-state index in [4.69, 9.17) is 4.74 Å². The van der Waals surface area contributed by atoms with Crippen LogP contribution in [0.15, 0.2) is 48.5 Å². The second-order valence-electron chi connectivity index (χ2n) is 8.02. The van der Waals surface area contributed by atoms with Crippen LogP contribution in [-0.4, -0.2) is 61.0 Å². The van der Waals surface area contributed by atoms with Crippen molar-refractivity contribution in [2.24, 2.45) is 0 Å². The molecule has 0 spiro atoms. The van der Waals surface area contributed by atoms with Crippen LogP contribution in [0.5, 0.6) is 0 Å². The second kappa shape index (κ2) is 9.41. The third-order valence-corrected chi connectivity index (χ3v) is 5.92. The van der Waals surface area contributed by atoms with Crippen LogP contribution in [0.4, 0.5) is 0 Å². The first-order valence-corrected chi connectivity index (χ1v) is 10.6. The molecule has 2 amide bonds. The summed E-state index contributed by atoms with van der Waals surface area (Å²) in [7, 11) is 0. The molecule has 1 fully saturated rings. The van der Waals surface area contributed by atoms with Crippen molar-refractivity contribution in [1.82, 2.24) is 15.1 Å². The molecule has 0 bridgehead atoms. The van der Waals surface area contributed by atoms with Crippen molar-refractivity contribution in [1.29, 1.82) is 0 Å². The van der Waals surface area contributed by atoms with E-state index in [2.05, 4.69) is 10.2 Å². The highest BCUT2D eigenvalue weighted by atomic mass is 16.5. The molecule has 0 saturated carbocycles. The number of nitrogens with zero attached hydrogens (tertiary/aromatic N) is 2. The third-order valence-electron chi connectivity index (χ3n) is 5.92. The Morgan fingerprint density at radius 1 is 1.10 bits per heavy atom. The van der Waals surface area contributed by atoms with Crippen LogP contribution < -0.4 is 5.32 Å². The summed E-state index contributed by atoms with van der Waals surface area (Å²) in [5.41, 5.74) is 3.91. The molecular formula is C24H29N3O3. The molecule has 30 heavy (non-hydrogen) atoms. The second-order valence-corrected chi connectivity index (χ2v) is 8.02. The van der Waals surface area contributed by atoms with Gasteiger partial charge >= 0.3 is 0 Å². The lowest BCUT2D eigenvalue weighted by Crippen LogP contribution is -2.42. The Bertz CT molecular complexity index is 891. The molecule has 2 aromatic rings. The number of fused-ring (bicyclic) bond motifs is 1. The predicted molar refractivity (Wildman–Crippen MR) is 115 cm³/mol. The lowest BCUT2D eigenvalue weighted by molar-refractivity contribution is -0.122. The van der Waals surface area contributed by atoms with E-state index in [9.17, 15) is 9.59 Å². The average molecular weight is 408 g/mol. The Morgan fingerprint density at radius 2 is 1.83 bits per heavy atom. The van der Waals surface area contributed by atoms with E-state index in [1.165, 1.54) is 0 Å². The minimum Gasteiger partial charge on any atom is -0.379 e. The van der Waals surface area contributed by atoms with Gasteiger partial charge in [0, 0.05) is 38.3 Å². The molecule has 1 saturated heterocycles. The number of aryl methyl sites for hydroxylation is 1. The molecule has 2 heterocycles. The van der Waals surface area contributed by atoms with Gasteiger partial charge in [-0.15, -0.1) is 0 Å². The molecule has 2 aliphatic rings. The molecule has 2 aliphatic heterocycles. The number of benzene rings is 2. The predicted octanol–water partition coefficient (Wildman–Crippen LogP) is 2.53. The summed E-state index contributed by atoms with van der Waals surface area (Å²) in [6.07, 6.45) is 0.256. The molecular weight excluding hydrogens is 378 g/mol. The number of amides is 2. The van der Waals surface area contributed by atoms with Crippen molar-refractivity contribution >= 4 is 11.8 Å². The molecule has 0 radical (unpaired) electrons. The Labute approximate surface area is 177 Å². The van der Waals surface area contributed by atoms with Crippen molar-refractivity contribution in [2.75, 3.05) is 39.4 Å². The average Bonchev–Trinajstić information content (AvgIpc) is 3.10. The monoisotopic (exact) mass is 407 g/mol. The van der Waals surface area contributed by atoms with E-state index in [1.54, 1.807) is 0 Å². The van der Waals surface area contributed by atoms with Gasteiger partial charge in [-0.3, -0.25) is 14.5 Å². The lowest BCUT2D eigenvalue weighted by Gasteiger charge is -2.29. The smallest absolute Gasteiger partial charge is 0.255 e. The Kier molecular flexibility index (Phi) is 6.45. The first kappa shape index (κ1) is 20.6. The number of hydrogen-bond acceptors (Lipinski definition) is 4. The highest BCUT2D eigenvalue weighted by Gasteiger charge is 2.34. The summed E-state index contributed by atoms with van der Waals surface area (Å²) in [5, 5.41) is 3.04. The van der Waals surface area contributed by atoms with E-state index in [1.807, 2.05) is 60.4 Å². The Hall–Kier alpha value is -2.70. The van der Waals surface area contributed by atoms with Gasteiger partial charge in [0.05, 0.1) is 25.7 Å². The molecule has 0 aromatic heterocycles. The minimum atomic E-state index is -0.283. The maximum atomic E-state index is 13.1. The number of ether oxygens (including phenoxy) is 1. The van der Waals surface area contributed by atoms with Crippen molar-refractivity contribution in [3.05, 3.63) is 70.8 Å². The van der Waals surface area contributed by atoms with Gasteiger partial charge < -0.3 is 15.0 Å². The normalized spacial score (nSPS) is 17.6. The molecule has 1 N–H and O–H groups in total. The van der Waals surface area contributed by atoms with Gasteiger partial charge in [-0.25, -0.2) is 0 Å². The van der Waals surface area contributed by atoms with E-state index in [0.29, 0.717) is 13.1 Å². The van der Waals surface area contributed by atoms with Gasteiger partial charge in [0.15, 0.2) is 0 Å². The first-order valence-electron chi connectivity index (χ1n) is 10.6. The standard InChI is InChI=1S/C24H29N3O3/c1-18-6-8-19(9-7-18)22(27-17-20-4-2-3-5-21(20)24(27)29)16-23(28)25-10-11-26-12-14-30-15-13-26/h2-9,22H,10-17H2,1H3,(H,25,28)/t22-/m1/s1. The summed E-state index contributed by atoms with van der Waals surface area (Å²) in [5.74, 6) is -0.0325. The molecule has 0 aliphatic carbocycles. The summed E-state index contributed by atoms with van der Waals surface area (Å²) in [4.78, 5) is 30.0. The van der Waals surface area contributed by atoms with E-state index < -0.39 is 0 Å². The topological polar surface area (TPSA) is 61.9 Å². The Balaban J connectivity index is 1.44. The maximum Gasteiger partial charge on any atom is 0.255 e. The van der Waals surface area contributed by atoms with E-state index >= 15 is 0 Å². The van der Waals surface area contributed by atoms with E-state index in [0.717, 1.165) is 55.1 Å². The number of rotatable bonds is 7. The quantitative estimate of drug-likeness (QED) is 0.766. The lowest BCUT2D eigenvalue weighted by atomic mass is 10.00. The van der Waals surface area contributed by atoms with Crippen molar-refractivity contribution in [2.45, 2.75) is 25.9 Å². The number of hydrogen-bond donors (Lipinski definition) is 1. The third kappa shape index (κ3) is 4.71. The zero-order chi connectivity index (χ0) is 20.9. The van der Waals surface area contributed by atoms with Gasteiger partial charge in [-0.2, -0.15) is 0 Å². The molecule has 158 valence electrons. The highest BCUT2D eigenvalue weighted by Crippen LogP contribution is 2.33. The van der Waals surface area contributed by atoms with Gasteiger partial charge in [-0.1, -0.05) is 48.0 Å². The highest BCUT2D eigenvalue weighted by molar-refractivity contribution is 5.98. The molecule has 6 heteroatoms. The SMILES string of the molecule is Cc1ccc([C@@H](CC(=O)NCCN2CCOCC2)N2Cc3ccccc3C2=O)cc1. The van der Waals surface area contributed by atoms with Gasteiger partial charge in [0.2, 0.25) is 5.91 Å². The van der Waals surface area contributed by atoms with Crippen LogP contribution in [0.25, 0.3) is 0 Å². The van der Waals surface area contributed by atoms with Crippen molar-refractivity contribution in [3.63, 3.8) is 0 Å². The zero-order valence-electron chi connectivity index (χ0n) is 17.5. The summed E-state index contributed by atoms with van der Waals surface area (Å²) >= 11 is 0. The van der Waals surface area contributed by atoms with Gasteiger partial charge in [0.25, 0.3) is 5.91 Å². The molecule has 4 rings (SSSR count). The molecule has 6 nitrogen and oxygen atoms in total. The van der Waals surface area contributed by atoms with E-state index in [-0.39, 0.29) is 24.3 Å². The van der Waals surface area contributed by atoms with Crippen LogP contribution in [0.2, 0.25) is 0 Å². The number of carbonyl (C=O) groups excluding carboxylic acids is 2. The maximum absolute atomic E-state index is 13.1. The van der Waals surface area contributed by atoms with Crippen LogP contribution in [0.1, 0.15) is 39.5 Å². The van der Waals surface area contributed by atoms with Gasteiger partial charge in [-0.05, 0) is 24.1 Å². The number of carbonyl (C=O) groups is 2.